The van der Waals surface area contributed by atoms with Crippen LogP contribution in [0.3, 0.4) is 0 Å². The molecule has 0 heterocycles. The molecular formula is C29H58O10. The van der Waals surface area contributed by atoms with Gasteiger partial charge < -0.3 is 47.4 Å². The third kappa shape index (κ3) is 37.3. The van der Waals surface area contributed by atoms with E-state index in [2.05, 4.69) is 13.5 Å². The van der Waals surface area contributed by atoms with E-state index in [4.69, 9.17) is 47.4 Å². The fourth-order valence-electron chi connectivity index (χ4n) is 3.13. The normalized spacial score (nSPS) is 11.4. The van der Waals surface area contributed by atoms with E-state index < -0.39 is 0 Å². The number of hydrogen-bond acceptors (Lipinski definition) is 10. The van der Waals surface area contributed by atoms with Gasteiger partial charge in [0.15, 0.2) is 0 Å². The summed E-state index contributed by atoms with van der Waals surface area (Å²) >= 11 is 0. The maximum atomic E-state index is 5.58. The molecule has 0 unspecified atom stereocenters. The van der Waals surface area contributed by atoms with E-state index in [-0.39, 0.29) is 0 Å². The van der Waals surface area contributed by atoms with Crippen LogP contribution in [0.2, 0.25) is 0 Å². The molecule has 0 atom stereocenters. The first-order chi connectivity index (χ1) is 19.4. The molecule has 0 aromatic carbocycles. The Balaban J connectivity index is 3.02. The maximum absolute atomic E-state index is 5.58. The zero-order valence-electron chi connectivity index (χ0n) is 24.8. The SMILES string of the molecule is C=CCOCCOCCOCCOCCOCCOCCOCCOCCOCCOCCCCCCCC. The van der Waals surface area contributed by atoms with E-state index >= 15 is 0 Å². The monoisotopic (exact) mass is 566 g/mol. The summed E-state index contributed by atoms with van der Waals surface area (Å²) < 4.78 is 54.4. The van der Waals surface area contributed by atoms with E-state index in [1.807, 2.05) is 0 Å². The van der Waals surface area contributed by atoms with Gasteiger partial charge in [-0.2, -0.15) is 0 Å². The molecule has 0 aromatic heterocycles. The molecule has 10 heteroatoms. The molecule has 0 amide bonds. The average Bonchev–Trinajstić information content (AvgIpc) is 2.95. The molecular weight excluding hydrogens is 508 g/mol. The van der Waals surface area contributed by atoms with Gasteiger partial charge in [-0.1, -0.05) is 45.1 Å². The van der Waals surface area contributed by atoms with Crippen molar-refractivity contribution in [2.75, 3.05) is 132 Å². The predicted octanol–water partition coefficient (Wildman–Crippen LogP) is 3.70. The first-order valence-corrected chi connectivity index (χ1v) is 14.8. The lowest BCUT2D eigenvalue weighted by atomic mass is 10.1. The predicted molar refractivity (Wildman–Crippen MR) is 152 cm³/mol. The summed E-state index contributed by atoms with van der Waals surface area (Å²) in [5.74, 6) is 0. The first-order valence-electron chi connectivity index (χ1n) is 14.8. The van der Waals surface area contributed by atoms with Gasteiger partial charge in [-0.05, 0) is 6.42 Å². The van der Waals surface area contributed by atoms with Gasteiger partial charge in [-0.15, -0.1) is 6.58 Å². The highest BCUT2D eigenvalue weighted by Gasteiger charge is 1.96. The Bertz CT molecular complexity index is 442. The molecule has 0 aliphatic heterocycles. The highest BCUT2D eigenvalue weighted by Crippen LogP contribution is 2.04. The van der Waals surface area contributed by atoms with Crippen LogP contribution in [0.25, 0.3) is 0 Å². The molecule has 0 spiro atoms. The molecule has 234 valence electrons. The van der Waals surface area contributed by atoms with Crippen molar-refractivity contribution in [3.05, 3.63) is 12.7 Å². The zero-order valence-corrected chi connectivity index (χ0v) is 24.8. The average molecular weight is 567 g/mol. The van der Waals surface area contributed by atoms with E-state index in [9.17, 15) is 0 Å². The fourth-order valence-corrected chi connectivity index (χ4v) is 3.13. The molecule has 0 aliphatic carbocycles. The van der Waals surface area contributed by atoms with Gasteiger partial charge in [0.1, 0.15) is 0 Å². The number of hydrogen-bond donors (Lipinski definition) is 0. The van der Waals surface area contributed by atoms with Crippen molar-refractivity contribution in [2.24, 2.45) is 0 Å². The summed E-state index contributed by atoms with van der Waals surface area (Å²) in [7, 11) is 0. The fraction of sp³-hybridized carbons (Fsp3) is 0.931. The molecule has 0 saturated heterocycles. The van der Waals surface area contributed by atoms with Gasteiger partial charge in [0.05, 0.1) is 126 Å². The van der Waals surface area contributed by atoms with Crippen LogP contribution in [0.5, 0.6) is 0 Å². The number of unbranched alkanes of at least 4 members (excludes halogenated alkanes) is 5. The van der Waals surface area contributed by atoms with Crippen LogP contribution in [-0.4, -0.2) is 132 Å². The van der Waals surface area contributed by atoms with Crippen LogP contribution in [0, 0.1) is 0 Å². The summed E-state index contributed by atoms with van der Waals surface area (Å²) in [6.07, 6.45) is 9.41. The molecule has 39 heavy (non-hydrogen) atoms. The van der Waals surface area contributed by atoms with Crippen molar-refractivity contribution in [1.29, 1.82) is 0 Å². The summed E-state index contributed by atoms with van der Waals surface area (Å²) in [5, 5.41) is 0. The second-order valence-corrected chi connectivity index (χ2v) is 8.64. The second-order valence-electron chi connectivity index (χ2n) is 8.64. The van der Waals surface area contributed by atoms with Crippen molar-refractivity contribution in [1.82, 2.24) is 0 Å². The third-order valence-electron chi connectivity index (χ3n) is 5.23. The van der Waals surface area contributed by atoms with Crippen molar-refractivity contribution >= 4 is 0 Å². The van der Waals surface area contributed by atoms with Gasteiger partial charge in [-0.3, -0.25) is 0 Å². The highest BCUT2D eigenvalue weighted by atomic mass is 16.6. The first kappa shape index (κ1) is 38.3. The van der Waals surface area contributed by atoms with Crippen molar-refractivity contribution in [3.8, 4) is 0 Å². The van der Waals surface area contributed by atoms with Gasteiger partial charge >= 0.3 is 0 Å². The second kappa shape index (κ2) is 37.3. The Hall–Kier alpha value is -0.660. The molecule has 10 nitrogen and oxygen atoms in total. The van der Waals surface area contributed by atoms with E-state index in [0.717, 1.165) is 13.0 Å². The van der Waals surface area contributed by atoms with Crippen LogP contribution >= 0.6 is 0 Å². The van der Waals surface area contributed by atoms with Gasteiger partial charge in [0.2, 0.25) is 0 Å². The number of rotatable bonds is 36. The Labute approximate surface area is 237 Å². The van der Waals surface area contributed by atoms with Crippen LogP contribution in [-0.2, 0) is 47.4 Å². The molecule has 0 rings (SSSR count). The highest BCUT2D eigenvalue weighted by molar-refractivity contribution is 4.63. The lowest BCUT2D eigenvalue weighted by Gasteiger charge is -2.09. The minimum absolute atomic E-state index is 0.529. The minimum atomic E-state index is 0.529. The summed E-state index contributed by atoms with van der Waals surface area (Å²) in [4.78, 5) is 0. The van der Waals surface area contributed by atoms with Crippen molar-refractivity contribution in [3.63, 3.8) is 0 Å². The largest absolute Gasteiger partial charge is 0.379 e. The molecule has 0 N–H and O–H groups in total. The third-order valence-corrected chi connectivity index (χ3v) is 5.23. The Morgan fingerprint density at radius 2 is 0.590 bits per heavy atom. The van der Waals surface area contributed by atoms with Crippen molar-refractivity contribution < 1.29 is 47.4 Å². The number of ether oxygens (including phenoxy) is 10. The van der Waals surface area contributed by atoms with Gasteiger partial charge in [0.25, 0.3) is 0 Å². The van der Waals surface area contributed by atoms with Crippen LogP contribution in [0.1, 0.15) is 45.4 Å². The Kier molecular flexibility index (Phi) is 36.7. The van der Waals surface area contributed by atoms with E-state index in [0.29, 0.717) is 126 Å². The molecule has 0 aliphatic rings. The maximum Gasteiger partial charge on any atom is 0.0704 e. The Morgan fingerprint density at radius 3 is 0.897 bits per heavy atom. The van der Waals surface area contributed by atoms with E-state index in [1.54, 1.807) is 6.08 Å². The quantitative estimate of drug-likeness (QED) is 0.0826. The topological polar surface area (TPSA) is 92.3 Å². The summed E-state index contributed by atoms with van der Waals surface area (Å²) in [6.45, 7) is 17.2. The lowest BCUT2D eigenvalue weighted by molar-refractivity contribution is -0.0261. The standard InChI is InChI=1S/C29H58O10/c1-3-5-6-7-8-9-11-31-13-15-33-17-19-35-21-23-37-25-27-39-29-28-38-26-24-36-22-20-34-18-16-32-14-12-30-10-4-2/h4H,2-3,5-29H2,1H3. The summed E-state index contributed by atoms with van der Waals surface area (Å²) in [6, 6.07) is 0. The van der Waals surface area contributed by atoms with Crippen LogP contribution in [0.15, 0.2) is 12.7 Å². The summed E-state index contributed by atoms with van der Waals surface area (Å²) in [5.41, 5.74) is 0. The molecule has 0 aromatic rings. The van der Waals surface area contributed by atoms with Gasteiger partial charge in [0, 0.05) is 6.61 Å². The molecule has 0 radical (unpaired) electrons. The molecule has 0 fully saturated rings. The minimum Gasteiger partial charge on any atom is -0.379 e. The Morgan fingerprint density at radius 1 is 0.333 bits per heavy atom. The molecule has 0 saturated carbocycles. The van der Waals surface area contributed by atoms with Crippen molar-refractivity contribution in [2.45, 2.75) is 45.4 Å². The van der Waals surface area contributed by atoms with Crippen LogP contribution in [0.4, 0.5) is 0 Å². The lowest BCUT2D eigenvalue weighted by Crippen LogP contribution is -2.15. The smallest absolute Gasteiger partial charge is 0.0704 e. The van der Waals surface area contributed by atoms with E-state index in [1.165, 1.54) is 32.1 Å². The van der Waals surface area contributed by atoms with Crippen LogP contribution < -0.4 is 0 Å². The molecule has 0 bridgehead atoms. The van der Waals surface area contributed by atoms with Gasteiger partial charge in [-0.25, -0.2) is 0 Å². The zero-order chi connectivity index (χ0) is 28.2.